The average Bonchev–Trinajstić information content (AvgIpc) is 2.07. The van der Waals surface area contributed by atoms with E-state index in [2.05, 4.69) is 63.6 Å². The molecule has 14 heavy (non-hydrogen) atoms. The Morgan fingerprint density at radius 2 is 2.00 bits per heavy atom. The van der Waals surface area contributed by atoms with E-state index < -0.39 is 0 Å². The van der Waals surface area contributed by atoms with Gasteiger partial charge in [0.25, 0.3) is 0 Å². The molecule has 0 fully saturated rings. The van der Waals surface area contributed by atoms with Crippen molar-refractivity contribution in [3.63, 3.8) is 0 Å². The minimum atomic E-state index is 0.918. The molecule has 0 aromatic heterocycles. The van der Waals surface area contributed by atoms with Crippen LogP contribution in [0.4, 0.5) is 0 Å². The summed E-state index contributed by atoms with van der Waals surface area (Å²) in [5.41, 5.74) is 3.61. The molecule has 0 saturated carbocycles. The molecule has 0 spiro atoms. The summed E-state index contributed by atoms with van der Waals surface area (Å²) in [6.45, 7) is 8.03. The molecule has 1 aromatic rings. The Hall–Kier alpha value is -0.340. The predicted octanol–water partition coefficient (Wildman–Crippen LogP) is 5.12. The minimum Gasteiger partial charge on any atom is -0.0841 e. The van der Waals surface area contributed by atoms with Gasteiger partial charge in [0.2, 0.25) is 0 Å². The average molecular weight is 316 g/mol. The molecule has 0 radical (unpaired) electrons. The fourth-order valence-electron chi connectivity index (χ4n) is 1.31. The second kappa shape index (κ2) is 4.94. The lowest BCUT2D eigenvalue weighted by Crippen LogP contribution is -1.87. The maximum absolute atomic E-state index is 3.91. The van der Waals surface area contributed by atoms with Gasteiger partial charge in [-0.25, -0.2) is 0 Å². The lowest BCUT2D eigenvalue weighted by molar-refractivity contribution is 1.42. The van der Waals surface area contributed by atoms with E-state index in [1.54, 1.807) is 0 Å². The zero-order chi connectivity index (χ0) is 10.7. The normalized spacial score (nSPS) is 11.6. The van der Waals surface area contributed by atoms with Gasteiger partial charge in [0, 0.05) is 4.48 Å². The van der Waals surface area contributed by atoms with Gasteiger partial charge in [-0.2, -0.15) is 0 Å². The number of aryl methyl sites for hydroxylation is 1. The van der Waals surface area contributed by atoms with Crippen LogP contribution in [0.15, 0.2) is 29.3 Å². The lowest BCUT2D eigenvalue weighted by atomic mass is 10.0. The van der Waals surface area contributed by atoms with E-state index in [0.717, 1.165) is 14.5 Å². The maximum atomic E-state index is 3.91. The summed E-state index contributed by atoms with van der Waals surface area (Å²) in [6.07, 6.45) is 2.11. The van der Waals surface area contributed by atoms with Gasteiger partial charge in [-0.1, -0.05) is 56.6 Å². The first-order valence-electron chi connectivity index (χ1n) is 4.30. The molecule has 1 aromatic carbocycles. The van der Waals surface area contributed by atoms with Crippen LogP contribution < -0.4 is 0 Å². The highest BCUT2D eigenvalue weighted by molar-refractivity contribution is 9.15. The molecule has 0 aliphatic rings. The van der Waals surface area contributed by atoms with Crippen molar-refractivity contribution in [1.29, 1.82) is 0 Å². The highest BCUT2D eigenvalue weighted by atomic mass is 79.9. The van der Waals surface area contributed by atoms with Crippen LogP contribution in [-0.4, -0.2) is 0 Å². The summed E-state index contributed by atoms with van der Waals surface area (Å²) >= 11 is 6.86. The van der Waals surface area contributed by atoms with Crippen molar-refractivity contribution in [2.24, 2.45) is 0 Å². The molecule has 0 atom stereocenters. The monoisotopic (exact) mass is 314 g/mol. The second-order valence-corrected chi connectivity index (χ2v) is 5.38. The predicted molar refractivity (Wildman–Crippen MR) is 71.7 cm³/mol. The van der Waals surface area contributed by atoms with Crippen molar-refractivity contribution >= 4 is 42.4 Å². The fourth-order valence-corrected chi connectivity index (χ4v) is 1.88. The Morgan fingerprint density at radius 3 is 2.50 bits per heavy atom. The Kier molecular flexibility index (Phi) is 4.14. The quantitative estimate of drug-likeness (QED) is 0.711. The van der Waals surface area contributed by atoms with Gasteiger partial charge >= 0.3 is 0 Å². The van der Waals surface area contributed by atoms with Crippen LogP contribution in [0.3, 0.4) is 0 Å². The van der Waals surface area contributed by atoms with Gasteiger partial charge in [0.1, 0.15) is 0 Å². The Balaban J connectivity index is 3.37. The summed E-state index contributed by atoms with van der Waals surface area (Å²) in [5, 5.41) is 0. The van der Waals surface area contributed by atoms with Gasteiger partial charge in [0.05, 0.1) is 0 Å². The van der Waals surface area contributed by atoms with Crippen molar-refractivity contribution < 1.29 is 0 Å². The van der Waals surface area contributed by atoms with Crippen molar-refractivity contribution in [3.05, 3.63) is 46.0 Å². The van der Waals surface area contributed by atoms with Gasteiger partial charge in [-0.05, 0) is 41.1 Å². The SMILES string of the molecule is C=C(Br)c1cccc(C)c1/C=C(\C)Br. The van der Waals surface area contributed by atoms with Gasteiger partial charge in [-0.15, -0.1) is 0 Å². The molecule has 0 bridgehead atoms. The molecule has 1 rings (SSSR count). The Labute approximate surface area is 102 Å². The zero-order valence-corrected chi connectivity index (χ0v) is 11.4. The van der Waals surface area contributed by atoms with Crippen LogP contribution in [0.2, 0.25) is 0 Å². The summed E-state index contributed by atoms with van der Waals surface area (Å²) in [4.78, 5) is 0. The third kappa shape index (κ3) is 2.82. The number of benzene rings is 1. The Morgan fingerprint density at radius 1 is 1.36 bits per heavy atom. The second-order valence-electron chi connectivity index (χ2n) is 3.17. The first kappa shape index (κ1) is 11.7. The van der Waals surface area contributed by atoms with Crippen LogP contribution in [0.25, 0.3) is 10.6 Å². The van der Waals surface area contributed by atoms with Crippen molar-refractivity contribution in [2.45, 2.75) is 13.8 Å². The van der Waals surface area contributed by atoms with Crippen LogP contribution in [0.1, 0.15) is 23.6 Å². The molecule has 0 N–H and O–H groups in total. The molecule has 0 heterocycles. The van der Waals surface area contributed by atoms with Crippen molar-refractivity contribution in [1.82, 2.24) is 0 Å². The third-order valence-electron chi connectivity index (χ3n) is 1.96. The number of halogens is 2. The molecule has 74 valence electrons. The zero-order valence-electron chi connectivity index (χ0n) is 8.27. The minimum absolute atomic E-state index is 0.918. The molecular weight excluding hydrogens is 304 g/mol. The van der Waals surface area contributed by atoms with Crippen molar-refractivity contribution in [3.8, 4) is 0 Å². The number of hydrogen-bond acceptors (Lipinski definition) is 0. The highest BCUT2D eigenvalue weighted by Gasteiger charge is 2.04. The largest absolute Gasteiger partial charge is 0.0841 e. The lowest BCUT2D eigenvalue weighted by Gasteiger charge is -2.07. The number of rotatable bonds is 2. The van der Waals surface area contributed by atoms with Crippen LogP contribution >= 0.6 is 31.9 Å². The molecule has 0 saturated heterocycles. The third-order valence-corrected chi connectivity index (χ3v) is 2.62. The van der Waals surface area contributed by atoms with Gasteiger partial charge in [-0.3, -0.25) is 0 Å². The van der Waals surface area contributed by atoms with Crippen molar-refractivity contribution in [2.75, 3.05) is 0 Å². The first-order chi connectivity index (χ1) is 6.52. The topological polar surface area (TPSA) is 0 Å². The van der Waals surface area contributed by atoms with Crippen LogP contribution in [0.5, 0.6) is 0 Å². The van der Waals surface area contributed by atoms with E-state index in [4.69, 9.17) is 0 Å². The molecule has 0 aliphatic carbocycles. The highest BCUT2D eigenvalue weighted by Crippen LogP contribution is 2.27. The summed E-state index contributed by atoms with van der Waals surface area (Å²) in [7, 11) is 0. The smallest absolute Gasteiger partial charge is 0.0181 e. The number of hydrogen-bond donors (Lipinski definition) is 0. The molecule has 0 unspecified atom stereocenters. The van der Waals surface area contributed by atoms with E-state index in [0.29, 0.717) is 0 Å². The van der Waals surface area contributed by atoms with Gasteiger partial charge < -0.3 is 0 Å². The van der Waals surface area contributed by atoms with Crippen LogP contribution in [0, 0.1) is 6.92 Å². The molecular formula is C12H12Br2. The first-order valence-corrected chi connectivity index (χ1v) is 5.89. The van der Waals surface area contributed by atoms with E-state index in [1.165, 1.54) is 11.1 Å². The summed E-state index contributed by atoms with van der Waals surface area (Å²) in [6, 6.07) is 6.20. The summed E-state index contributed by atoms with van der Waals surface area (Å²) in [5.74, 6) is 0. The standard InChI is InChI=1S/C12H12Br2/c1-8-5-4-6-11(10(3)14)12(8)7-9(2)13/h4-7H,3H2,1-2H3/b9-7+. The van der Waals surface area contributed by atoms with E-state index in [-0.39, 0.29) is 0 Å². The maximum Gasteiger partial charge on any atom is 0.0181 e. The molecule has 0 aliphatic heterocycles. The number of allylic oxidation sites excluding steroid dienone is 1. The molecule has 0 amide bonds. The van der Waals surface area contributed by atoms with E-state index in [9.17, 15) is 0 Å². The van der Waals surface area contributed by atoms with E-state index >= 15 is 0 Å². The Bertz CT molecular complexity index is 385. The molecule has 2 heteroatoms. The van der Waals surface area contributed by atoms with Gasteiger partial charge in [0.15, 0.2) is 0 Å². The molecule has 0 nitrogen and oxygen atoms in total. The summed E-state index contributed by atoms with van der Waals surface area (Å²) < 4.78 is 2.03. The van der Waals surface area contributed by atoms with E-state index in [1.807, 2.05) is 13.0 Å². The fraction of sp³-hybridized carbons (Fsp3) is 0.167. The van der Waals surface area contributed by atoms with Crippen LogP contribution in [-0.2, 0) is 0 Å².